The van der Waals surface area contributed by atoms with Crippen molar-refractivity contribution in [3.05, 3.63) is 105 Å². The van der Waals surface area contributed by atoms with Crippen LogP contribution in [-0.4, -0.2) is 34.4 Å². The van der Waals surface area contributed by atoms with Crippen LogP contribution in [0.3, 0.4) is 0 Å². The molecule has 3 aromatic carbocycles. The summed E-state index contributed by atoms with van der Waals surface area (Å²) in [7, 11) is 0. The van der Waals surface area contributed by atoms with Crippen LogP contribution in [0.25, 0.3) is 6.08 Å². The van der Waals surface area contributed by atoms with Crippen molar-refractivity contribution in [3.8, 4) is 5.75 Å². The van der Waals surface area contributed by atoms with Crippen LogP contribution in [0.4, 0.5) is 9.18 Å². The molecule has 2 aliphatic heterocycles. The number of nitrogens with zero attached hydrogens (tertiary/aromatic N) is 2. The van der Waals surface area contributed by atoms with Crippen molar-refractivity contribution in [1.29, 1.82) is 0 Å². The molecule has 0 radical (unpaired) electrons. The molecule has 5 rings (SSSR count). The van der Waals surface area contributed by atoms with Crippen LogP contribution >= 0.6 is 23.4 Å². The average Bonchev–Trinajstić information content (AvgIpc) is 3.47. The van der Waals surface area contributed by atoms with Gasteiger partial charge in [0.25, 0.3) is 17.1 Å². The summed E-state index contributed by atoms with van der Waals surface area (Å²) in [5, 5.41) is 8.23. The molecule has 186 valence electrons. The van der Waals surface area contributed by atoms with Gasteiger partial charge in [-0.3, -0.25) is 19.7 Å². The zero-order chi connectivity index (χ0) is 25.9. The van der Waals surface area contributed by atoms with Crippen LogP contribution < -0.4 is 10.1 Å². The highest BCUT2D eigenvalue weighted by atomic mass is 35.5. The second kappa shape index (κ2) is 10.6. The minimum atomic E-state index is -0.434. The maximum atomic E-state index is 13.4. The fraction of sp³-hybridized carbons (Fsp3) is 0.111. The third-order valence-electron chi connectivity index (χ3n) is 5.79. The molecule has 0 saturated carbocycles. The van der Waals surface area contributed by atoms with Gasteiger partial charge < -0.3 is 4.74 Å². The molecule has 3 amide bonds. The summed E-state index contributed by atoms with van der Waals surface area (Å²) in [6, 6.07) is 19.6. The number of hydrazone groups is 1. The Morgan fingerprint density at radius 1 is 1.11 bits per heavy atom. The minimum absolute atomic E-state index is 0.269. The standard InChI is InChI=1S/C27H19ClFN3O4S/c28-21-4-2-1-3-20(21)23-14-22(17-7-9-18(29)10-8-17)31-32(23)25(33)15-36-19-11-5-16(6-12-19)13-24-26(34)30-27(35)37-24/h1-13,23H,14-15H2,(H,30,34,35)/b24-13+. The van der Waals surface area contributed by atoms with Crippen LogP contribution in [-0.2, 0) is 9.59 Å². The molecule has 1 unspecified atom stereocenters. The molecule has 3 aromatic rings. The zero-order valence-corrected chi connectivity index (χ0v) is 20.8. The number of amides is 3. The molecule has 2 aliphatic rings. The maximum absolute atomic E-state index is 13.4. The Bertz CT molecular complexity index is 1440. The fourth-order valence-electron chi connectivity index (χ4n) is 3.99. The van der Waals surface area contributed by atoms with Gasteiger partial charge in [0, 0.05) is 11.4 Å². The fourth-order valence-corrected chi connectivity index (χ4v) is 4.93. The largest absolute Gasteiger partial charge is 0.484 e. The highest BCUT2D eigenvalue weighted by molar-refractivity contribution is 8.18. The molecule has 0 aromatic heterocycles. The number of thioether (sulfide) groups is 1. The van der Waals surface area contributed by atoms with Gasteiger partial charge in [-0.05, 0) is 64.9 Å². The van der Waals surface area contributed by atoms with Crippen LogP contribution in [0.2, 0.25) is 5.02 Å². The first-order valence-corrected chi connectivity index (χ1v) is 12.4. The smallest absolute Gasteiger partial charge is 0.290 e. The summed E-state index contributed by atoms with van der Waals surface area (Å²) in [5.41, 5.74) is 2.82. The summed E-state index contributed by atoms with van der Waals surface area (Å²) >= 11 is 7.27. The van der Waals surface area contributed by atoms with Crippen molar-refractivity contribution < 1.29 is 23.5 Å². The topological polar surface area (TPSA) is 88.1 Å². The third kappa shape index (κ3) is 5.58. The molecular formula is C27H19ClFN3O4S. The second-order valence-corrected chi connectivity index (χ2v) is 9.67. The number of nitrogens with one attached hydrogen (secondary N) is 1. The molecule has 0 aliphatic carbocycles. The number of hydrogen-bond donors (Lipinski definition) is 1. The molecule has 10 heteroatoms. The average molecular weight is 536 g/mol. The number of hydrogen-bond acceptors (Lipinski definition) is 6. The van der Waals surface area contributed by atoms with E-state index in [0.29, 0.717) is 33.4 Å². The predicted molar refractivity (Wildman–Crippen MR) is 140 cm³/mol. The Labute approximate surface area is 220 Å². The van der Waals surface area contributed by atoms with E-state index in [4.69, 9.17) is 16.3 Å². The van der Waals surface area contributed by atoms with Crippen LogP contribution in [0.1, 0.15) is 29.2 Å². The zero-order valence-electron chi connectivity index (χ0n) is 19.2. The Kier molecular flexibility index (Phi) is 7.07. The number of imide groups is 1. The summed E-state index contributed by atoms with van der Waals surface area (Å²) < 4.78 is 19.1. The van der Waals surface area contributed by atoms with Gasteiger partial charge in [-0.1, -0.05) is 54.1 Å². The predicted octanol–water partition coefficient (Wildman–Crippen LogP) is 5.56. The van der Waals surface area contributed by atoms with Crippen molar-refractivity contribution in [3.63, 3.8) is 0 Å². The van der Waals surface area contributed by atoms with E-state index in [2.05, 4.69) is 10.4 Å². The molecule has 0 spiro atoms. The molecule has 7 nitrogen and oxygen atoms in total. The number of ether oxygens (including phenoxy) is 1. The molecule has 2 heterocycles. The second-order valence-electron chi connectivity index (χ2n) is 8.24. The van der Waals surface area contributed by atoms with Crippen molar-refractivity contribution in [2.24, 2.45) is 5.10 Å². The Hall–Kier alpha value is -3.95. The lowest BCUT2D eigenvalue weighted by Gasteiger charge is -2.23. The van der Waals surface area contributed by atoms with E-state index in [-0.39, 0.29) is 18.3 Å². The number of carbonyl (C=O) groups excluding carboxylic acids is 3. The summed E-state index contributed by atoms with van der Waals surface area (Å²) in [4.78, 5) is 36.5. The van der Waals surface area contributed by atoms with Gasteiger partial charge in [0.1, 0.15) is 11.6 Å². The van der Waals surface area contributed by atoms with Crippen LogP contribution in [0, 0.1) is 5.82 Å². The third-order valence-corrected chi connectivity index (χ3v) is 6.94. The maximum Gasteiger partial charge on any atom is 0.290 e. The first kappa shape index (κ1) is 24.7. The van der Waals surface area contributed by atoms with Gasteiger partial charge in [0.05, 0.1) is 16.7 Å². The van der Waals surface area contributed by atoms with E-state index in [9.17, 15) is 18.8 Å². The highest BCUT2D eigenvalue weighted by Gasteiger charge is 2.34. The Morgan fingerprint density at radius 2 is 1.84 bits per heavy atom. The Morgan fingerprint density at radius 3 is 2.51 bits per heavy atom. The molecule has 1 atom stereocenters. The SMILES string of the molecule is O=C1NC(=O)/C(=C\c2ccc(OCC(=O)N3N=C(c4ccc(F)cc4)CC3c3ccccc3Cl)cc2)S1. The highest BCUT2D eigenvalue weighted by Crippen LogP contribution is 2.36. The van der Waals surface area contributed by atoms with Gasteiger partial charge in [-0.25, -0.2) is 9.40 Å². The first-order chi connectivity index (χ1) is 17.9. The first-order valence-electron chi connectivity index (χ1n) is 11.2. The lowest BCUT2D eigenvalue weighted by molar-refractivity contribution is -0.135. The van der Waals surface area contributed by atoms with Crippen LogP contribution in [0.15, 0.2) is 82.8 Å². The molecule has 0 bridgehead atoms. The molecule has 37 heavy (non-hydrogen) atoms. The minimum Gasteiger partial charge on any atom is -0.484 e. The number of benzene rings is 3. The van der Waals surface area contributed by atoms with Crippen molar-refractivity contribution in [2.75, 3.05) is 6.61 Å². The monoisotopic (exact) mass is 535 g/mol. The van der Waals surface area contributed by atoms with E-state index in [0.717, 1.165) is 22.9 Å². The quantitative estimate of drug-likeness (QED) is 0.417. The Balaban J connectivity index is 1.31. The van der Waals surface area contributed by atoms with Crippen molar-refractivity contribution in [1.82, 2.24) is 10.3 Å². The van der Waals surface area contributed by atoms with Gasteiger partial charge >= 0.3 is 0 Å². The summed E-state index contributed by atoms with van der Waals surface area (Å²) in [6.07, 6.45) is 2.02. The van der Waals surface area contributed by atoms with E-state index in [1.807, 2.05) is 18.2 Å². The molecule has 1 fully saturated rings. The van der Waals surface area contributed by atoms with E-state index in [1.165, 1.54) is 17.1 Å². The van der Waals surface area contributed by atoms with E-state index >= 15 is 0 Å². The number of rotatable bonds is 6. The molecule has 1 saturated heterocycles. The van der Waals surface area contributed by atoms with Gasteiger partial charge in [-0.2, -0.15) is 5.10 Å². The van der Waals surface area contributed by atoms with E-state index < -0.39 is 17.2 Å². The molecular weight excluding hydrogens is 517 g/mol. The van der Waals surface area contributed by atoms with Gasteiger partial charge in [0.15, 0.2) is 6.61 Å². The number of carbonyl (C=O) groups is 3. The van der Waals surface area contributed by atoms with Gasteiger partial charge in [-0.15, -0.1) is 0 Å². The van der Waals surface area contributed by atoms with Crippen LogP contribution in [0.5, 0.6) is 5.75 Å². The lowest BCUT2D eigenvalue weighted by Crippen LogP contribution is -2.31. The molecule has 1 N–H and O–H groups in total. The van der Waals surface area contributed by atoms with E-state index in [1.54, 1.807) is 48.5 Å². The summed E-state index contributed by atoms with van der Waals surface area (Å²) in [6.45, 7) is -0.269. The number of halogens is 2. The van der Waals surface area contributed by atoms with Crippen molar-refractivity contribution in [2.45, 2.75) is 12.5 Å². The summed E-state index contributed by atoms with van der Waals surface area (Å²) in [5.74, 6) is -0.704. The lowest BCUT2D eigenvalue weighted by atomic mass is 9.98. The normalized spacial score (nSPS) is 18.2. The van der Waals surface area contributed by atoms with Crippen molar-refractivity contribution >= 4 is 52.2 Å². The van der Waals surface area contributed by atoms with Gasteiger partial charge in [0.2, 0.25) is 0 Å².